The summed E-state index contributed by atoms with van der Waals surface area (Å²) in [5.74, 6) is 1.80. The molecule has 0 aromatic heterocycles. The van der Waals surface area contributed by atoms with Crippen molar-refractivity contribution in [3.8, 4) is 0 Å². The van der Waals surface area contributed by atoms with Crippen molar-refractivity contribution in [2.24, 2.45) is 16.3 Å². The molecule has 0 amide bonds. The fourth-order valence-corrected chi connectivity index (χ4v) is 3.90. The van der Waals surface area contributed by atoms with Crippen LogP contribution in [0.3, 0.4) is 0 Å². The molecule has 1 N–H and O–H groups in total. The molecule has 0 spiro atoms. The summed E-state index contributed by atoms with van der Waals surface area (Å²) in [6.07, 6.45) is 3.58. The molecule has 1 fully saturated rings. The zero-order valence-corrected chi connectivity index (χ0v) is 12.7. The molecule has 0 radical (unpaired) electrons. The Morgan fingerprint density at radius 1 is 1.44 bits per heavy atom. The van der Waals surface area contributed by atoms with E-state index in [1.54, 1.807) is 0 Å². The molecule has 0 aliphatic carbocycles. The van der Waals surface area contributed by atoms with Crippen molar-refractivity contribution < 1.29 is 4.74 Å². The van der Waals surface area contributed by atoms with Crippen molar-refractivity contribution in [2.45, 2.75) is 46.1 Å². The molecule has 0 bridgehead atoms. The van der Waals surface area contributed by atoms with E-state index in [2.05, 4.69) is 26.1 Å². The first-order valence-corrected chi connectivity index (χ1v) is 8.19. The van der Waals surface area contributed by atoms with Gasteiger partial charge in [-0.3, -0.25) is 4.99 Å². The quantitative estimate of drug-likeness (QED) is 0.856. The van der Waals surface area contributed by atoms with Gasteiger partial charge >= 0.3 is 0 Å². The first-order chi connectivity index (χ1) is 8.69. The maximum absolute atomic E-state index is 5.48. The molecule has 2 rings (SSSR count). The Bertz CT molecular complexity index is 302. The van der Waals surface area contributed by atoms with Crippen LogP contribution in [0.5, 0.6) is 0 Å². The monoisotopic (exact) mass is 270 g/mol. The van der Waals surface area contributed by atoms with Crippen molar-refractivity contribution in [2.75, 3.05) is 25.5 Å². The number of amidine groups is 1. The molecule has 1 saturated heterocycles. The van der Waals surface area contributed by atoms with Gasteiger partial charge in [0.1, 0.15) is 0 Å². The number of rotatable bonds is 3. The summed E-state index contributed by atoms with van der Waals surface area (Å²) in [7, 11) is 0. The van der Waals surface area contributed by atoms with Crippen molar-refractivity contribution in [3.63, 3.8) is 0 Å². The maximum Gasteiger partial charge on any atom is 0.156 e. The lowest BCUT2D eigenvalue weighted by Crippen LogP contribution is -2.45. The fraction of sp³-hybridized carbons (Fsp3) is 0.929. The topological polar surface area (TPSA) is 33.6 Å². The second-order valence-electron chi connectivity index (χ2n) is 5.71. The Labute approximate surface area is 115 Å². The number of hydrogen-bond donors (Lipinski definition) is 1. The Morgan fingerprint density at radius 2 is 2.22 bits per heavy atom. The highest BCUT2D eigenvalue weighted by Crippen LogP contribution is 2.35. The molecule has 2 aliphatic heterocycles. The number of thioether (sulfide) groups is 1. The Hall–Kier alpha value is -0.220. The largest absolute Gasteiger partial charge is 0.381 e. The van der Waals surface area contributed by atoms with Crippen molar-refractivity contribution >= 4 is 16.9 Å². The number of ether oxygens (including phenoxy) is 1. The minimum absolute atomic E-state index is 0.442. The van der Waals surface area contributed by atoms with Gasteiger partial charge in [-0.2, -0.15) is 0 Å². The molecular formula is C14H26N2OS. The average molecular weight is 270 g/mol. The standard InChI is InChI=1S/C14H26N2OS/c1-4-14(5-2)9-15-13(18-10-14)16-12-6-7-17-8-11(12)3/h11-12H,4-10H2,1-3H3,(H,15,16). The Morgan fingerprint density at radius 3 is 2.78 bits per heavy atom. The van der Waals surface area contributed by atoms with Gasteiger partial charge in [0.05, 0.1) is 6.61 Å². The van der Waals surface area contributed by atoms with Crippen LogP contribution in [0.15, 0.2) is 4.99 Å². The van der Waals surface area contributed by atoms with Crippen LogP contribution in [0.2, 0.25) is 0 Å². The third-order valence-electron chi connectivity index (χ3n) is 4.52. The number of aliphatic imine (C=N–C) groups is 1. The van der Waals surface area contributed by atoms with Gasteiger partial charge in [-0.15, -0.1) is 0 Å². The van der Waals surface area contributed by atoms with E-state index < -0.39 is 0 Å². The van der Waals surface area contributed by atoms with E-state index in [1.165, 1.54) is 18.6 Å². The third kappa shape index (κ3) is 3.21. The summed E-state index contributed by atoms with van der Waals surface area (Å²) in [5.41, 5.74) is 0.442. The van der Waals surface area contributed by atoms with Gasteiger partial charge in [0, 0.05) is 24.9 Å². The van der Waals surface area contributed by atoms with Gasteiger partial charge in [0.15, 0.2) is 5.17 Å². The molecule has 2 atom stereocenters. The highest BCUT2D eigenvalue weighted by atomic mass is 32.2. The molecule has 2 aliphatic rings. The van der Waals surface area contributed by atoms with Gasteiger partial charge in [-0.1, -0.05) is 32.5 Å². The predicted octanol–water partition coefficient (Wildman–Crippen LogP) is 2.91. The van der Waals surface area contributed by atoms with Crippen LogP contribution >= 0.6 is 11.8 Å². The fourth-order valence-electron chi connectivity index (χ4n) is 2.57. The lowest BCUT2D eigenvalue weighted by molar-refractivity contribution is 0.0443. The zero-order valence-electron chi connectivity index (χ0n) is 11.9. The summed E-state index contributed by atoms with van der Waals surface area (Å²) in [4.78, 5) is 4.78. The van der Waals surface area contributed by atoms with E-state index in [1.807, 2.05) is 11.8 Å². The van der Waals surface area contributed by atoms with Crippen molar-refractivity contribution in [3.05, 3.63) is 0 Å². The van der Waals surface area contributed by atoms with Crippen LogP contribution in [0.1, 0.15) is 40.0 Å². The van der Waals surface area contributed by atoms with Crippen molar-refractivity contribution in [1.29, 1.82) is 0 Å². The van der Waals surface area contributed by atoms with Crippen LogP contribution < -0.4 is 5.32 Å². The van der Waals surface area contributed by atoms with E-state index >= 15 is 0 Å². The molecule has 104 valence electrons. The second-order valence-corrected chi connectivity index (χ2v) is 6.67. The zero-order chi connectivity index (χ0) is 13.0. The van der Waals surface area contributed by atoms with E-state index in [0.717, 1.165) is 31.3 Å². The van der Waals surface area contributed by atoms with Gasteiger partial charge in [0.2, 0.25) is 0 Å². The molecule has 2 unspecified atom stereocenters. The maximum atomic E-state index is 5.48. The Kier molecular flexibility index (Phi) is 4.96. The third-order valence-corrected chi connectivity index (χ3v) is 5.80. The summed E-state index contributed by atoms with van der Waals surface area (Å²) < 4.78 is 5.48. The molecule has 2 heterocycles. The van der Waals surface area contributed by atoms with Crippen molar-refractivity contribution in [1.82, 2.24) is 5.32 Å². The lowest BCUT2D eigenvalue weighted by atomic mass is 9.84. The van der Waals surface area contributed by atoms with E-state index in [9.17, 15) is 0 Å². The highest BCUT2D eigenvalue weighted by molar-refractivity contribution is 8.13. The SMILES string of the molecule is CCC1(CC)CN=C(NC2CCOCC2C)SC1. The average Bonchev–Trinajstić information content (AvgIpc) is 2.43. The van der Waals surface area contributed by atoms with Gasteiger partial charge in [-0.25, -0.2) is 0 Å². The first-order valence-electron chi connectivity index (χ1n) is 7.20. The molecule has 0 aromatic rings. The van der Waals surface area contributed by atoms with Crippen LogP contribution in [-0.4, -0.2) is 36.7 Å². The van der Waals surface area contributed by atoms with Crippen LogP contribution in [-0.2, 0) is 4.74 Å². The smallest absolute Gasteiger partial charge is 0.156 e. The normalized spacial score (nSPS) is 31.8. The van der Waals surface area contributed by atoms with Gasteiger partial charge < -0.3 is 10.1 Å². The van der Waals surface area contributed by atoms with E-state index in [4.69, 9.17) is 9.73 Å². The van der Waals surface area contributed by atoms with Gasteiger partial charge in [0.25, 0.3) is 0 Å². The predicted molar refractivity (Wildman–Crippen MR) is 79.3 cm³/mol. The van der Waals surface area contributed by atoms with Gasteiger partial charge in [-0.05, 0) is 30.6 Å². The number of nitrogens with one attached hydrogen (secondary N) is 1. The van der Waals surface area contributed by atoms with Crippen LogP contribution in [0.25, 0.3) is 0 Å². The highest BCUT2D eigenvalue weighted by Gasteiger charge is 2.31. The summed E-state index contributed by atoms with van der Waals surface area (Å²) >= 11 is 1.91. The Balaban J connectivity index is 1.89. The van der Waals surface area contributed by atoms with Crippen LogP contribution in [0, 0.1) is 11.3 Å². The summed E-state index contributed by atoms with van der Waals surface area (Å²) in [6.45, 7) is 9.59. The molecular weight excluding hydrogens is 244 g/mol. The molecule has 18 heavy (non-hydrogen) atoms. The summed E-state index contributed by atoms with van der Waals surface area (Å²) in [6, 6.07) is 0.542. The number of hydrogen-bond acceptors (Lipinski definition) is 4. The lowest BCUT2D eigenvalue weighted by Gasteiger charge is -2.36. The van der Waals surface area contributed by atoms with Crippen LogP contribution in [0.4, 0.5) is 0 Å². The number of nitrogens with zero attached hydrogens (tertiary/aromatic N) is 1. The molecule has 0 saturated carbocycles. The minimum atomic E-state index is 0.442. The van der Waals surface area contributed by atoms with E-state index in [0.29, 0.717) is 17.4 Å². The molecule has 4 heteroatoms. The summed E-state index contributed by atoms with van der Waals surface area (Å²) in [5, 5.41) is 4.79. The molecule has 3 nitrogen and oxygen atoms in total. The molecule has 0 aromatic carbocycles. The minimum Gasteiger partial charge on any atom is -0.381 e. The first kappa shape index (κ1) is 14.2. The second kappa shape index (κ2) is 6.29. The van der Waals surface area contributed by atoms with E-state index in [-0.39, 0.29) is 0 Å².